The molecule has 5 nitrogen and oxygen atoms in total. The molecule has 0 aliphatic rings. The van der Waals surface area contributed by atoms with E-state index in [0.717, 1.165) is 0 Å². The molecule has 2 aromatic rings. The number of carbonyl (C=O) groups is 1. The second-order valence-corrected chi connectivity index (χ2v) is 3.93. The maximum absolute atomic E-state index is 12.7. The third-order valence-corrected chi connectivity index (χ3v) is 2.60. The Balaban J connectivity index is 2.22. The van der Waals surface area contributed by atoms with Gasteiger partial charge in [-0.3, -0.25) is 4.79 Å². The van der Waals surface area contributed by atoms with Crippen molar-refractivity contribution in [2.24, 2.45) is 0 Å². The van der Waals surface area contributed by atoms with Crippen LogP contribution in [0.15, 0.2) is 36.5 Å². The van der Waals surface area contributed by atoms with Gasteiger partial charge in [0.1, 0.15) is 11.5 Å². The van der Waals surface area contributed by atoms with Crippen LogP contribution in [-0.2, 0) is 0 Å². The number of carbonyl (C=O) groups excluding carboxylic acids is 1. The van der Waals surface area contributed by atoms with Crippen LogP contribution in [0.3, 0.4) is 0 Å². The smallest absolute Gasteiger partial charge is 0.255 e. The number of benzene rings is 1. The maximum Gasteiger partial charge on any atom is 0.255 e. The van der Waals surface area contributed by atoms with Crippen molar-refractivity contribution >= 4 is 11.6 Å². The molecule has 2 rings (SSSR count). The Labute approximate surface area is 115 Å². The van der Waals surface area contributed by atoms with E-state index in [1.165, 1.54) is 32.5 Å². The van der Waals surface area contributed by atoms with Crippen molar-refractivity contribution in [1.29, 1.82) is 0 Å². The molecule has 0 unspecified atom stereocenters. The van der Waals surface area contributed by atoms with E-state index in [9.17, 15) is 9.18 Å². The molecule has 0 radical (unpaired) electrons. The zero-order chi connectivity index (χ0) is 14.5. The fourth-order valence-corrected chi connectivity index (χ4v) is 1.59. The van der Waals surface area contributed by atoms with Crippen molar-refractivity contribution in [2.45, 2.75) is 0 Å². The minimum atomic E-state index is -0.606. The van der Waals surface area contributed by atoms with E-state index in [-0.39, 0.29) is 5.91 Å². The van der Waals surface area contributed by atoms with Gasteiger partial charge in [0.05, 0.1) is 26.1 Å². The molecular formula is C14H13FN2O3. The van der Waals surface area contributed by atoms with Crippen molar-refractivity contribution in [3.8, 4) is 11.5 Å². The topological polar surface area (TPSA) is 60.5 Å². The second kappa shape index (κ2) is 6.01. The maximum atomic E-state index is 12.7. The van der Waals surface area contributed by atoms with Crippen LogP contribution in [0.5, 0.6) is 11.5 Å². The first-order valence-corrected chi connectivity index (χ1v) is 5.78. The van der Waals surface area contributed by atoms with Crippen LogP contribution in [0.25, 0.3) is 0 Å². The quantitative estimate of drug-likeness (QED) is 0.871. The minimum Gasteiger partial charge on any atom is -0.497 e. The Kier molecular flexibility index (Phi) is 4.14. The molecule has 20 heavy (non-hydrogen) atoms. The lowest BCUT2D eigenvalue weighted by atomic mass is 10.2. The number of methoxy groups -OCH3 is 2. The largest absolute Gasteiger partial charge is 0.497 e. The van der Waals surface area contributed by atoms with Crippen LogP contribution in [0, 0.1) is 5.95 Å². The summed E-state index contributed by atoms with van der Waals surface area (Å²) in [5.41, 5.74) is 0.767. The average molecular weight is 276 g/mol. The Hall–Kier alpha value is -2.63. The number of pyridine rings is 1. The van der Waals surface area contributed by atoms with Crippen LogP contribution < -0.4 is 14.8 Å². The first-order chi connectivity index (χ1) is 9.62. The van der Waals surface area contributed by atoms with E-state index in [2.05, 4.69) is 10.3 Å². The van der Waals surface area contributed by atoms with Gasteiger partial charge >= 0.3 is 0 Å². The summed E-state index contributed by atoms with van der Waals surface area (Å²) in [6.45, 7) is 0. The molecule has 0 fully saturated rings. The number of anilines is 1. The lowest BCUT2D eigenvalue weighted by molar-refractivity contribution is 0.102. The van der Waals surface area contributed by atoms with Gasteiger partial charge in [-0.15, -0.1) is 0 Å². The molecule has 1 aromatic heterocycles. The predicted octanol–water partition coefficient (Wildman–Crippen LogP) is 2.49. The fourth-order valence-electron chi connectivity index (χ4n) is 1.59. The number of hydrogen-bond acceptors (Lipinski definition) is 4. The number of hydrogen-bond donors (Lipinski definition) is 1. The van der Waals surface area contributed by atoms with E-state index < -0.39 is 5.95 Å². The van der Waals surface area contributed by atoms with Crippen LogP contribution in [0.2, 0.25) is 0 Å². The van der Waals surface area contributed by atoms with Gasteiger partial charge in [0.25, 0.3) is 5.91 Å². The number of nitrogens with zero attached hydrogens (tertiary/aromatic N) is 1. The van der Waals surface area contributed by atoms with Gasteiger partial charge in [-0.25, -0.2) is 4.98 Å². The summed E-state index contributed by atoms with van der Waals surface area (Å²) in [5, 5.41) is 2.61. The van der Waals surface area contributed by atoms with E-state index in [4.69, 9.17) is 9.47 Å². The number of nitrogens with one attached hydrogen (secondary N) is 1. The van der Waals surface area contributed by atoms with E-state index in [0.29, 0.717) is 22.7 Å². The normalized spacial score (nSPS) is 9.95. The van der Waals surface area contributed by atoms with Gasteiger partial charge in [0.15, 0.2) is 0 Å². The monoisotopic (exact) mass is 276 g/mol. The molecule has 1 N–H and O–H groups in total. The van der Waals surface area contributed by atoms with Gasteiger partial charge in [0.2, 0.25) is 5.95 Å². The SMILES string of the molecule is COc1cc(OC)cc(C(=O)Nc2ccc(F)nc2)c1. The van der Waals surface area contributed by atoms with Crippen molar-refractivity contribution in [2.75, 3.05) is 19.5 Å². The third-order valence-electron chi connectivity index (χ3n) is 2.60. The lowest BCUT2D eigenvalue weighted by Gasteiger charge is -2.09. The second-order valence-electron chi connectivity index (χ2n) is 3.93. The molecule has 0 saturated heterocycles. The summed E-state index contributed by atoms with van der Waals surface area (Å²) in [5.74, 6) is 0.0418. The Morgan fingerprint density at radius 1 is 1.15 bits per heavy atom. The first-order valence-electron chi connectivity index (χ1n) is 5.78. The summed E-state index contributed by atoms with van der Waals surface area (Å²) in [4.78, 5) is 15.6. The number of halogens is 1. The van der Waals surface area contributed by atoms with E-state index in [1.54, 1.807) is 18.2 Å². The van der Waals surface area contributed by atoms with E-state index >= 15 is 0 Å². The fraction of sp³-hybridized carbons (Fsp3) is 0.143. The highest BCUT2D eigenvalue weighted by atomic mass is 19.1. The van der Waals surface area contributed by atoms with Gasteiger partial charge in [-0.1, -0.05) is 0 Å². The van der Waals surface area contributed by atoms with Crippen molar-refractivity contribution in [1.82, 2.24) is 4.98 Å². The zero-order valence-electron chi connectivity index (χ0n) is 11.0. The van der Waals surface area contributed by atoms with Gasteiger partial charge in [0, 0.05) is 11.6 Å². The summed E-state index contributed by atoms with van der Waals surface area (Å²) in [6.07, 6.45) is 1.24. The molecule has 6 heteroatoms. The number of ether oxygens (including phenoxy) is 2. The Bertz CT molecular complexity index is 592. The molecular weight excluding hydrogens is 263 g/mol. The molecule has 0 atom stereocenters. The third kappa shape index (κ3) is 3.23. The van der Waals surface area contributed by atoms with E-state index in [1.807, 2.05) is 0 Å². The van der Waals surface area contributed by atoms with Crippen LogP contribution in [-0.4, -0.2) is 25.1 Å². The Morgan fingerprint density at radius 3 is 2.30 bits per heavy atom. The average Bonchev–Trinajstić information content (AvgIpc) is 2.48. The molecule has 0 spiro atoms. The number of rotatable bonds is 4. The Morgan fingerprint density at radius 2 is 1.80 bits per heavy atom. The minimum absolute atomic E-state index is 0.365. The molecule has 1 amide bonds. The van der Waals surface area contributed by atoms with Crippen molar-refractivity contribution in [3.63, 3.8) is 0 Å². The van der Waals surface area contributed by atoms with Crippen molar-refractivity contribution < 1.29 is 18.7 Å². The zero-order valence-corrected chi connectivity index (χ0v) is 11.0. The summed E-state index contributed by atoms with van der Waals surface area (Å²) in [6, 6.07) is 7.42. The van der Waals surface area contributed by atoms with Gasteiger partial charge in [-0.2, -0.15) is 4.39 Å². The highest BCUT2D eigenvalue weighted by Gasteiger charge is 2.10. The lowest BCUT2D eigenvalue weighted by Crippen LogP contribution is -2.12. The van der Waals surface area contributed by atoms with Crippen LogP contribution >= 0.6 is 0 Å². The molecule has 0 saturated carbocycles. The summed E-state index contributed by atoms with van der Waals surface area (Å²) >= 11 is 0. The highest BCUT2D eigenvalue weighted by molar-refractivity contribution is 6.04. The highest BCUT2D eigenvalue weighted by Crippen LogP contribution is 2.23. The summed E-state index contributed by atoms with van der Waals surface area (Å²) in [7, 11) is 3.00. The number of aromatic nitrogens is 1. The number of amides is 1. The van der Waals surface area contributed by atoms with Crippen LogP contribution in [0.1, 0.15) is 10.4 Å². The van der Waals surface area contributed by atoms with Crippen molar-refractivity contribution in [3.05, 3.63) is 48.0 Å². The molecule has 1 heterocycles. The molecule has 104 valence electrons. The van der Waals surface area contributed by atoms with Gasteiger partial charge in [-0.05, 0) is 24.3 Å². The molecule has 0 aliphatic carbocycles. The first kappa shape index (κ1) is 13.8. The van der Waals surface area contributed by atoms with Gasteiger partial charge < -0.3 is 14.8 Å². The van der Waals surface area contributed by atoms with Crippen LogP contribution in [0.4, 0.5) is 10.1 Å². The molecule has 1 aromatic carbocycles. The standard InChI is InChI=1S/C14H13FN2O3/c1-19-11-5-9(6-12(7-11)20-2)14(18)17-10-3-4-13(15)16-8-10/h3-8H,1-2H3,(H,17,18). The molecule has 0 aliphatic heterocycles. The summed E-state index contributed by atoms with van der Waals surface area (Å²) < 4.78 is 22.9. The molecule has 0 bridgehead atoms. The predicted molar refractivity (Wildman–Crippen MR) is 71.7 cm³/mol.